The van der Waals surface area contributed by atoms with Gasteiger partial charge in [0.2, 0.25) is 5.91 Å². The summed E-state index contributed by atoms with van der Waals surface area (Å²) in [5.41, 5.74) is 7.06. The van der Waals surface area contributed by atoms with Gasteiger partial charge in [-0.1, -0.05) is 0 Å². The highest BCUT2D eigenvalue weighted by Crippen LogP contribution is 2.10. The van der Waals surface area contributed by atoms with Crippen molar-refractivity contribution < 1.29 is 9.59 Å². The Labute approximate surface area is 99.6 Å². The van der Waals surface area contributed by atoms with Gasteiger partial charge < -0.3 is 16.4 Å². The number of anilines is 1. The van der Waals surface area contributed by atoms with Gasteiger partial charge in [-0.25, -0.2) is 0 Å². The number of pyridine rings is 1. The van der Waals surface area contributed by atoms with Crippen LogP contribution in [0.4, 0.5) is 5.69 Å². The Balaban J connectivity index is 2.61. The van der Waals surface area contributed by atoms with Crippen molar-refractivity contribution in [1.29, 1.82) is 0 Å². The molecule has 2 amide bonds. The molecule has 4 N–H and O–H groups in total. The molecule has 0 aliphatic rings. The third-order valence-electron chi connectivity index (χ3n) is 2.10. The molecule has 17 heavy (non-hydrogen) atoms. The van der Waals surface area contributed by atoms with Crippen LogP contribution in [-0.4, -0.2) is 29.9 Å². The smallest absolute Gasteiger partial charge is 0.255 e. The van der Waals surface area contributed by atoms with Crippen LogP contribution in [0, 0.1) is 6.92 Å². The van der Waals surface area contributed by atoms with E-state index in [4.69, 9.17) is 5.73 Å². The van der Waals surface area contributed by atoms with Crippen molar-refractivity contribution in [1.82, 2.24) is 15.6 Å². The zero-order chi connectivity index (χ0) is 12.8. The van der Waals surface area contributed by atoms with E-state index in [2.05, 4.69) is 15.6 Å². The molecule has 1 heterocycles. The Morgan fingerprint density at radius 1 is 1.41 bits per heavy atom. The lowest BCUT2D eigenvalue weighted by atomic mass is 10.2. The lowest BCUT2D eigenvalue weighted by Gasteiger charge is -2.07. The summed E-state index contributed by atoms with van der Waals surface area (Å²) in [6.07, 6.45) is 1.40. The highest BCUT2D eigenvalue weighted by atomic mass is 16.2. The number of aromatic nitrogens is 1. The van der Waals surface area contributed by atoms with Gasteiger partial charge in [0.05, 0.1) is 12.1 Å². The Hall–Kier alpha value is -2.11. The molecule has 0 atom stereocenters. The molecule has 0 fully saturated rings. The number of hydrogen-bond donors (Lipinski definition) is 3. The van der Waals surface area contributed by atoms with Crippen LogP contribution in [0.2, 0.25) is 0 Å². The van der Waals surface area contributed by atoms with E-state index in [1.54, 1.807) is 13.0 Å². The average Bonchev–Trinajstić information content (AvgIpc) is 2.26. The standard InChI is InChI=1S/C11H16N4O2/c1-3-13-10(16)6-15-11(17)8-5-14-7(2)4-9(8)12/h4-5H,3,6H2,1-2H3,(H2,12,14)(H,13,16)(H,15,17). The molecule has 0 spiro atoms. The summed E-state index contributed by atoms with van der Waals surface area (Å²) in [4.78, 5) is 26.8. The Morgan fingerprint density at radius 2 is 2.12 bits per heavy atom. The second-order valence-corrected chi connectivity index (χ2v) is 3.55. The van der Waals surface area contributed by atoms with E-state index in [1.165, 1.54) is 6.20 Å². The van der Waals surface area contributed by atoms with Crippen LogP contribution in [-0.2, 0) is 4.79 Å². The van der Waals surface area contributed by atoms with E-state index in [-0.39, 0.29) is 18.0 Å². The predicted molar refractivity (Wildman–Crippen MR) is 64.4 cm³/mol. The van der Waals surface area contributed by atoms with E-state index in [0.29, 0.717) is 12.2 Å². The summed E-state index contributed by atoms with van der Waals surface area (Å²) in [7, 11) is 0. The predicted octanol–water partition coefficient (Wildman–Crippen LogP) is -0.162. The van der Waals surface area contributed by atoms with Crippen LogP contribution < -0.4 is 16.4 Å². The fraction of sp³-hybridized carbons (Fsp3) is 0.364. The molecule has 0 aliphatic heterocycles. The Kier molecular flexibility index (Phi) is 4.45. The molecule has 0 aromatic carbocycles. The van der Waals surface area contributed by atoms with Crippen molar-refractivity contribution in [2.75, 3.05) is 18.8 Å². The van der Waals surface area contributed by atoms with E-state index in [1.807, 2.05) is 6.92 Å². The molecule has 0 aliphatic carbocycles. The number of rotatable bonds is 4. The lowest BCUT2D eigenvalue weighted by molar-refractivity contribution is -0.120. The second-order valence-electron chi connectivity index (χ2n) is 3.55. The normalized spacial score (nSPS) is 9.76. The summed E-state index contributed by atoms with van der Waals surface area (Å²) in [6, 6.07) is 1.61. The first-order valence-corrected chi connectivity index (χ1v) is 5.31. The average molecular weight is 236 g/mol. The lowest BCUT2D eigenvalue weighted by Crippen LogP contribution is -2.37. The Bertz CT molecular complexity index is 431. The van der Waals surface area contributed by atoms with Crippen molar-refractivity contribution in [2.45, 2.75) is 13.8 Å². The van der Waals surface area contributed by atoms with Crippen LogP contribution in [0.3, 0.4) is 0 Å². The monoisotopic (exact) mass is 236 g/mol. The molecule has 1 aromatic rings. The summed E-state index contributed by atoms with van der Waals surface area (Å²) < 4.78 is 0. The molecule has 6 nitrogen and oxygen atoms in total. The largest absolute Gasteiger partial charge is 0.398 e. The first-order valence-electron chi connectivity index (χ1n) is 5.31. The quantitative estimate of drug-likeness (QED) is 0.676. The minimum atomic E-state index is -0.402. The molecule has 1 rings (SSSR count). The maximum Gasteiger partial charge on any atom is 0.255 e. The maximum absolute atomic E-state index is 11.7. The first-order chi connectivity index (χ1) is 8.04. The number of carbonyl (C=O) groups excluding carboxylic acids is 2. The minimum Gasteiger partial charge on any atom is -0.398 e. The van der Waals surface area contributed by atoms with Gasteiger partial charge in [0.15, 0.2) is 0 Å². The van der Waals surface area contributed by atoms with Gasteiger partial charge in [-0.2, -0.15) is 0 Å². The fourth-order valence-corrected chi connectivity index (χ4v) is 1.29. The van der Waals surface area contributed by atoms with Crippen LogP contribution in [0.25, 0.3) is 0 Å². The number of amides is 2. The van der Waals surface area contributed by atoms with Gasteiger partial charge in [-0.15, -0.1) is 0 Å². The zero-order valence-electron chi connectivity index (χ0n) is 9.91. The number of nitrogens with one attached hydrogen (secondary N) is 2. The van der Waals surface area contributed by atoms with Gasteiger partial charge >= 0.3 is 0 Å². The van der Waals surface area contributed by atoms with Crippen LogP contribution in [0.1, 0.15) is 23.0 Å². The number of carbonyl (C=O) groups is 2. The molecule has 6 heteroatoms. The molecule has 0 saturated carbocycles. The molecular formula is C11H16N4O2. The first kappa shape index (κ1) is 13.0. The molecule has 0 radical (unpaired) electrons. The highest BCUT2D eigenvalue weighted by Gasteiger charge is 2.11. The van der Waals surface area contributed by atoms with Gasteiger partial charge in [-0.3, -0.25) is 14.6 Å². The fourth-order valence-electron chi connectivity index (χ4n) is 1.29. The zero-order valence-corrected chi connectivity index (χ0v) is 9.91. The van der Waals surface area contributed by atoms with E-state index in [0.717, 1.165) is 5.69 Å². The van der Waals surface area contributed by atoms with E-state index >= 15 is 0 Å². The number of aryl methyl sites for hydroxylation is 1. The minimum absolute atomic E-state index is 0.0695. The van der Waals surface area contributed by atoms with Crippen molar-refractivity contribution in [2.24, 2.45) is 0 Å². The summed E-state index contributed by atoms with van der Waals surface area (Å²) in [5, 5.41) is 5.05. The SMILES string of the molecule is CCNC(=O)CNC(=O)c1cnc(C)cc1N. The van der Waals surface area contributed by atoms with Crippen molar-refractivity contribution in [3.05, 3.63) is 23.5 Å². The van der Waals surface area contributed by atoms with Gasteiger partial charge in [0.25, 0.3) is 5.91 Å². The van der Waals surface area contributed by atoms with Crippen molar-refractivity contribution >= 4 is 17.5 Å². The molecular weight excluding hydrogens is 220 g/mol. The Morgan fingerprint density at radius 3 is 2.71 bits per heavy atom. The van der Waals surface area contributed by atoms with Crippen LogP contribution in [0.5, 0.6) is 0 Å². The van der Waals surface area contributed by atoms with Crippen molar-refractivity contribution in [3.63, 3.8) is 0 Å². The number of nitrogens with two attached hydrogens (primary N) is 1. The van der Waals surface area contributed by atoms with Gasteiger partial charge in [0.1, 0.15) is 0 Å². The molecule has 92 valence electrons. The molecule has 0 saturated heterocycles. The number of hydrogen-bond acceptors (Lipinski definition) is 4. The number of likely N-dealkylation sites (N-methyl/N-ethyl adjacent to an activating group) is 1. The van der Waals surface area contributed by atoms with E-state index < -0.39 is 5.91 Å². The van der Waals surface area contributed by atoms with Gasteiger partial charge in [-0.05, 0) is 19.9 Å². The number of nitrogen functional groups attached to an aromatic ring is 1. The topological polar surface area (TPSA) is 97.1 Å². The maximum atomic E-state index is 11.7. The summed E-state index contributed by atoms with van der Waals surface area (Å²) in [5.74, 6) is -0.638. The summed E-state index contributed by atoms with van der Waals surface area (Å²) >= 11 is 0. The third-order valence-corrected chi connectivity index (χ3v) is 2.10. The van der Waals surface area contributed by atoms with Gasteiger partial charge in [0, 0.05) is 24.1 Å². The van der Waals surface area contributed by atoms with Crippen LogP contribution in [0.15, 0.2) is 12.3 Å². The molecule has 0 unspecified atom stereocenters. The second kappa shape index (κ2) is 5.83. The molecule has 0 bridgehead atoms. The van der Waals surface area contributed by atoms with E-state index in [9.17, 15) is 9.59 Å². The van der Waals surface area contributed by atoms with Crippen molar-refractivity contribution in [3.8, 4) is 0 Å². The summed E-state index contributed by atoms with van der Waals surface area (Å²) in [6.45, 7) is 4.05. The highest BCUT2D eigenvalue weighted by molar-refractivity contribution is 6.00. The third kappa shape index (κ3) is 3.75. The molecule has 1 aromatic heterocycles. The van der Waals surface area contributed by atoms with Crippen LogP contribution >= 0.6 is 0 Å². The number of nitrogens with zero attached hydrogens (tertiary/aromatic N) is 1.